The van der Waals surface area contributed by atoms with Crippen molar-refractivity contribution >= 4 is 0 Å². The van der Waals surface area contributed by atoms with Crippen molar-refractivity contribution in [3.05, 3.63) is 55.7 Å². The number of rotatable bonds is 3. The van der Waals surface area contributed by atoms with Crippen molar-refractivity contribution in [1.82, 2.24) is 19.3 Å². The Morgan fingerprint density at radius 1 is 1.00 bits per heavy atom. The lowest BCUT2D eigenvalue weighted by Gasteiger charge is -2.04. The summed E-state index contributed by atoms with van der Waals surface area (Å²) in [5.74, 6) is 0. The van der Waals surface area contributed by atoms with Crippen molar-refractivity contribution in [2.45, 2.75) is 13.1 Å². The van der Waals surface area contributed by atoms with Crippen LogP contribution >= 0.6 is 0 Å². The Bertz CT molecular complexity index is 632. The van der Waals surface area contributed by atoms with E-state index in [1.165, 1.54) is 0 Å². The van der Waals surface area contributed by atoms with Gasteiger partial charge < -0.3 is 4.57 Å². The molecular weight excluding hydrogens is 212 g/mol. The van der Waals surface area contributed by atoms with Crippen molar-refractivity contribution in [3.8, 4) is 0 Å². The quantitative estimate of drug-likeness (QED) is 0.634. The molecule has 0 radical (unpaired) electrons. The molecule has 0 aliphatic rings. The summed E-state index contributed by atoms with van der Waals surface area (Å²) in [6, 6.07) is 3.72. The first-order valence-corrected chi connectivity index (χ1v) is 4.71. The summed E-state index contributed by atoms with van der Waals surface area (Å²) >= 11 is 0. The number of hydrogen-bond acceptors (Lipinski definition) is 3. The molecule has 16 heavy (non-hydrogen) atoms. The highest BCUT2D eigenvalue weighted by Gasteiger charge is 2.00. The lowest BCUT2D eigenvalue weighted by atomic mass is 10.6. The average molecular weight is 222 g/mol. The van der Waals surface area contributed by atoms with Crippen LogP contribution in [0.1, 0.15) is 0 Å². The van der Waals surface area contributed by atoms with E-state index in [4.69, 9.17) is 0 Å². The normalized spacial score (nSPS) is 10.5. The maximum Gasteiger partial charge on any atom is 0.343 e. The van der Waals surface area contributed by atoms with Crippen LogP contribution in [0, 0.1) is 0 Å². The number of nitrogens with one attached hydrogen (secondary N) is 2. The molecule has 84 valence electrons. The molecule has 0 fully saturated rings. The van der Waals surface area contributed by atoms with Gasteiger partial charge in [-0.2, -0.15) is 0 Å². The molecule has 0 saturated carbocycles. The van der Waals surface area contributed by atoms with E-state index in [0.29, 0.717) is 13.1 Å². The van der Waals surface area contributed by atoms with Crippen molar-refractivity contribution in [3.63, 3.8) is 0 Å². The Morgan fingerprint density at radius 2 is 1.69 bits per heavy atom. The van der Waals surface area contributed by atoms with Gasteiger partial charge >= 0.3 is 16.8 Å². The van der Waals surface area contributed by atoms with E-state index in [2.05, 4.69) is 5.10 Å². The zero-order chi connectivity index (χ0) is 11.5. The first-order chi connectivity index (χ1) is 7.66. The molecule has 0 spiro atoms. The SMILES string of the molecule is O=c1[nH]c(=O)n(CCn2cccc2)[nH]c1=O. The Kier molecular flexibility index (Phi) is 2.59. The van der Waals surface area contributed by atoms with Crippen LogP contribution in [-0.2, 0) is 13.1 Å². The number of H-pyrrole nitrogens is 2. The molecule has 2 rings (SSSR count). The van der Waals surface area contributed by atoms with Gasteiger partial charge in [-0.3, -0.25) is 19.7 Å². The van der Waals surface area contributed by atoms with Crippen LogP contribution in [0.15, 0.2) is 38.9 Å². The van der Waals surface area contributed by atoms with Crippen LogP contribution in [0.25, 0.3) is 0 Å². The van der Waals surface area contributed by atoms with Gasteiger partial charge in [-0.1, -0.05) is 0 Å². The second-order valence-corrected chi connectivity index (χ2v) is 3.27. The minimum Gasteiger partial charge on any atom is -0.352 e. The number of aromatic amines is 2. The summed E-state index contributed by atoms with van der Waals surface area (Å²) in [4.78, 5) is 35.0. The van der Waals surface area contributed by atoms with Gasteiger partial charge in [0.05, 0.1) is 6.54 Å². The van der Waals surface area contributed by atoms with Crippen molar-refractivity contribution in [2.24, 2.45) is 0 Å². The van der Waals surface area contributed by atoms with Crippen molar-refractivity contribution in [1.29, 1.82) is 0 Å². The van der Waals surface area contributed by atoms with E-state index >= 15 is 0 Å². The molecule has 0 aliphatic carbocycles. The van der Waals surface area contributed by atoms with Gasteiger partial charge in [0.25, 0.3) is 0 Å². The second-order valence-electron chi connectivity index (χ2n) is 3.27. The summed E-state index contributed by atoms with van der Waals surface area (Å²) in [5.41, 5.74) is -2.37. The highest BCUT2D eigenvalue weighted by atomic mass is 16.2. The molecule has 2 aromatic rings. The van der Waals surface area contributed by atoms with Gasteiger partial charge in [-0.15, -0.1) is 0 Å². The van der Waals surface area contributed by atoms with Gasteiger partial charge in [-0.05, 0) is 12.1 Å². The maximum absolute atomic E-state index is 11.3. The monoisotopic (exact) mass is 222 g/mol. The van der Waals surface area contributed by atoms with Crippen LogP contribution in [0.5, 0.6) is 0 Å². The van der Waals surface area contributed by atoms with E-state index in [1.807, 2.05) is 34.1 Å². The fraction of sp³-hybridized carbons (Fsp3) is 0.222. The Hall–Kier alpha value is -2.31. The highest BCUT2D eigenvalue weighted by Crippen LogP contribution is 1.89. The molecule has 7 heteroatoms. The molecule has 0 unspecified atom stereocenters. The third-order valence-corrected chi connectivity index (χ3v) is 2.16. The largest absolute Gasteiger partial charge is 0.352 e. The van der Waals surface area contributed by atoms with E-state index in [9.17, 15) is 14.4 Å². The summed E-state index contributed by atoms with van der Waals surface area (Å²) in [6.07, 6.45) is 3.68. The summed E-state index contributed by atoms with van der Waals surface area (Å²) in [7, 11) is 0. The molecule has 0 saturated heterocycles. The Labute approximate surface area is 89.0 Å². The Balaban J connectivity index is 2.22. The van der Waals surface area contributed by atoms with Crippen LogP contribution in [-0.4, -0.2) is 19.3 Å². The molecule has 0 aromatic carbocycles. The summed E-state index contributed by atoms with van der Waals surface area (Å²) < 4.78 is 2.93. The number of aryl methyl sites for hydroxylation is 2. The van der Waals surface area contributed by atoms with E-state index in [1.54, 1.807) is 0 Å². The minimum absolute atomic E-state index is 0.291. The molecule has 0 atom stereocenters. The van der Waals surface area contributed by atoms with Crippen molar-refractivity contribution in [2.75, 3.05) is 0 Å². The predicted molar refractivity (Wildman–Crippen MR) is 56.4 cm³/mol. The zero-order valence-electron chi connectivity index (χ0n) is 8.34. The van der Waals surface area contributed by atoms with E-state index in [-0.39, 0.29) is 0 Å². The van der Waals surface area contributed by atoms with Gasteiger partial charge in [0.15, 0.2) is 0 Å². The minimum atomic E-state index is -0.929. The van der Waals surface area contributed by atoms with Gasteiger partial charge in [0, 0.05) is 18.9 Å². The fourth-order valence-corrected chi connectivity index (χ4v) is 1.34. The molecule has 2 N–H and O–H groups in total. The van der Waals surface area contributed by atoms with Crippen LogP contribution in [0.2, 0.25) is 0 Å². The fourth-order valence-electron chi connectivity index (χ4n) is 1.34. The molecule has 0 bridgehead atoms. The number of nitrogens with zero attached hydrogens (tertiary/aromatic N) is 2. The first kappa shape index (κ1) is 10.2. The zero-order valence-corrected chi connectivity index (χ0v) is 8.34. The lowest BCUT2D eigenvalue weighted by molar-refractivity contribution is 0.490. The number of aromatic nitrogens is 4. The third-order valence-electron chi connectivity index (χ3n) is 2.16. The smallest absolute Gasteiger partial charge is 0.343 e. The summed E-state index contributed by atoms with van der Waals surface area (Å²) in [6.45, 7) is 0.828. The van der Waals surface area contributed by atoms with Gasteiger partial charge in [0.2, 0.25) is 0 Å². The standard InChI is InChI=1S/C9H10N4O3/c14-7-8(15)11-13(9(16)10-7)6-5-12-3-1-2-4-12/h1-4H,5-6H2,(H,11,15)(H,10,14,16). The van der Waals surface area contributed by atoms with Gasteiger partial charge in [0.1, 0.15) is 0 Å². The third kappa shape index (κ3) is 2.02. The maximum atomic E-state index is 11.3. The molecule has 0 amide bonds. The van der Waals surface area contributed by atoms with Crippen LogP contribution in [0.3, 0.4) is 0 Å². The predicted octanol–water partition coefficient (Wildman–Crippen LogP) is -1.27. The first-order valence-electron chi connectivity index (χ1n) is 4.71. The molecule has 2 heterocycles. The van der Waals surface area contributed by atoms with E-state index in [0.717, 1.165) is 4.68 Å². The Morgan fingerprint density at radius 3 is 2.38 bits per heavy atom. The topological polar surface area (TPSA) is 92.7 Å². The van der Waals surface area contributed by atoms with Gasteiger partial charge in [-0.25, -0.2) is 9.48 Å². The number of hydrogen-bond donors (Lipinski definition) is 2. The van der Waals surface area contributed by atoms with Crippen LogP contribution < -0.4 is 16.8 Å². The van der Waals surface area contributed by atoms with E-state index < -0.39 is 16.8 Å². The van der Waals surface area contributed by atoms with Crippen molar-refractivity contribution < 1.29 is 0 Å². The van der Waals surface area contributed by atoms with Crippen LogP contribution in [0.4, 0.5) is 0 Å². The summed E-state index contributed by atoms with van der Waals surface area (Å²) in [5, 5.41) is 2.20. The highest BCUT2D eigenvalue weighted by molar-refractivity contribution is 4.90. The molecule has 2 aromatic heterocycles. The second kappa shape index (κ2) is 4.05. The lowest BCUT2D eigenvalue weighted by Crippen LogP contribution is -2.43. The molecule has 7 nitrogen and oxygen atoms in total. The molecule has 0 aliphatic heterocycles. The average Bonchev–Trinajstić information content (AvgIpc) is 2.74. The molecular formula is C9H10N4O3.